The Morgan fingerprint density at radius 3 is 2.76 bits per heavy atom. The van der Waals surface area contributed by atoms with E-state index in [0.29, 0.717) is 18.0 Å². The van der Waals surface area contributed by atoms with E-state index < -0.39 is 5.82 Å². The zero-order valence-corrected chi connectivity index (χ0v) is 12.1. The van der Waals surface area contributed by atoms with Crippen LogP contribution in [0.1, 0.15) is 5.56 Å². The molecule has 0 saturated carbocycles. The van der Waals surface area contributed by atoms with Gasteiger partial charge in [0.15, 0.2) is 18.2 Å². The molecule has 21 heavy (non-hydrogen) atoms. The van der Waals surface area contributed by atoms with Crippen molar-refractivity contribution in [3.05, 3.63) is 64.9 Å². The number of carbonyl (C=O) groups excluding carboxylic acids is 1. The molecule has 2 aromatic carbocycles. The van der Waals surface area contributed by atoms with Crippen LogP contribution in [0.15, 0.2) is 48.5 Å². The highest BCUT2D eigenvalue weighted by molar-refractivity contribution is 6.30. The smallest absolute Gasteiger partial charge is 0.257 e. The second kappa shape index (κ2) is 7.64. The highest BCUT2D eigenvalue weighted by atomic mass is 35.5. The van der Waals surface area contributed by atoms with E-state index >= 15 is 0 Å². The highest BCUT2D eigenvalue weighted by Crippen LogP contribution is 2.15. The number of halogens is 2. The zero-order chi connectivity index (χ0) is 15.1. The van der Waals surface area contributed by atoms with E-state index in [1.807, 2.05) is 18.2 Å². The second-order valence-electron chi connectivity index (χ2n) is 4.45. The topological polar surface area (TPSA) is 38.3 Å². The maximum atomic E-state index is 13.3. The molecule has 0 spiro atoms. The van der Waals surface area contributed by atoms with Crippen molar-refractivity contribution in [2.24, 2.45) is 0 Å². The monoisotopic (exact) mass is 307 g/mol. The van der Waals surface area contributed by atoms with Gasteiger partial charge in [-0.05, 0) is 36.2 Å². The number of benzene rings is 2. The van der Waals surface area contributed by atoms with Crippen molar-refractivity contribution in [1.29, 1.82) is 0 Å². The minimum Gasteiger partial charge on any atom is -0.481 e. The molecule has 110 valence electrons. The van der Waals surface area contributed by atoms with Gasteiger partial charge in [-0.2, -0.15) is 0 Å². The van der Waals surface area contributed by atoms with E-state index in [0.717, 1.165) is 5.56 Å². The SMILES string of the molecule is O=C(COc1ccccc1F)NCCc1cccc(Cl)c1. The van der Waals surface area contributed by atoms with Gasteiger partial charge in [0.25, 0.3) is 5.91 Å². The first kappa shape index (κ1) is 15.3. The fraction of sp³-hybridized carbons (Fsp3) is 0.188. The van der Waals surface area contributed by atoms with E-state index in [1.54, 1.807) is 18.2 Å². The molecule has 2 aromatic rings. The highest BCUT2D eigenvalue weighted by Gasteiger charge is 2.05. The molecule has 0 bridgehead atoms. The quantitative estimate of drug-likeness (QED) is 0.890. The third-order valence-electron chi connectivity index (χ3n) is 2.82. The minimum absolute atomic E-state index is 0.0718. The average molecular weight is 308 g/mol. The summed E-state index contributed by atoms with van der Waals surface area (Å²) >= 11 is 5.88. The number of para-hydroxylation sites is 1. The standard InChI is InChI=1S/C16H15ClFNO2/c17-13-5-3-4-12(10-13)8-9-19-16(20)11-21-15-7-2-1-6-14(15)18/h1-7,10H,8-9,11H2,(H,19,20). The molecule has 0 atom stereocenters. The van der Waals surface area contributed by atoms with Crippen LogP contribution >= 0.6 is 11.6 Å². The Morgan fingerprint density at radius 2 is 2.00 bits per heavy atom. The summed E-state index contributed by atoms with van der Waals surface area (Å²) in [6.45, 7) is 0.260. The third kappa shape index (κ3) is 5.08. The summed E-state index contributed by atoms with van der Waals surface area (Å²) in [6, 6.07) is 13.4. The van der Waals surface area contributed by atoms with E-state index in [-0.39, 0.29) is 18.3 Å². The number of nitrogens with one attached hydrogen (secondary N) is 1. The van der Waals surface area contributed by atoms with E-state index in [1.165, 1.54) is 12.1 Å². The summed E-state index contributed by atoms with van der Waals surface area (Å²) < 4.78 is 18.4. The molecule has 0 radical (unpaired) electrons. The van der Waals surface area contributed by atoms with Gasteiger partial charge in [0.05, 0.1) is 0 Å². The molecule has 0 heterocycles. The normalized spacial score (nSPS) is 10.2. The number of ether oxygens (including phenoxy) is 1. The fourth-order valence-electron chi connectivity index (χ4n) is 1.79. The lowest BCUT2D eigenvalue weighted by atomic mass is 10.1. The summed E-state index contributed by atoms with van der Waals surface area (Å²) in [7, 11) is 0. The van der Waals surface area contributed by atoms with Gasteiger partial charge < -0.3 is 10.1 Å². The molecule has 0 fully saturated rings. The van der Waals surface area contributed by atoms with Crippen LogP contribution in [0, 0.1) is 5.82 Å². The van der Waals surface area contributed by atoms with Gasteiger partial charge in [-0.3, -0.25) is 4.79 Å². The van der Waals surface area contributed by atoms with Crippen molar-refractivity contribution < 1.29 is 13.9 Å². The van der Waals surface area contributed by atoms with Gasteiger partial charge in [-0.25, -0.2) is 4.39 Å². The zero-order valence-electron chi connectivity index (χ0n) is 11.3. The van der Waals surface area contributed by atoms with Crippen LogP contribution in [-0.4, -0.2) is 19.1 Å². The number of hydrogen-bond acceptors (Lipinski definition) is 2. The van der Waals surface area contributed by atoms with Gasteiger partial charge in [-0.1, -0.05) is 35.9 Å². The Bertz CT molecular complexity index is 619. The van der Waals surface area contributed by atoms with Crippen molar-refractivity contribution in [3.8, 4) is 5.75 Å². The molecule has 0 saturated heterocycles. The largest absolute Gasteiger partial charge is 0.481 e. The molecule has 1 N–H and O–H groups in total. The van der Waals surface area contributed by atoms with Gasteiger partial charge in [0, 0.05) is 11.6 Å². The lowest BCUT2D eigenvalue weighted by molar-refractivity contribution is -0.123. The van der Waals surface area contributed by atoms with Crippen LogP contribution in [0.4, 0.5) is 4.39 Å². The maximum absolute atomic E-state index is 13.3. The second-order valence-corrected chi connectivity index (χ2v) is 4.89. The fourth-order valence-corrected chi connectivity index (χ4v) is 2.01. The molecule has 0 aliphatic heterocycles. The molecular weight excluding hydrogens is 293 g/mol. The van der Waals surface area contributed by atoms with Crippen molar-refractivity contribution in [2.45, 2.75) is 6.42 Å². The van der Waals surface area contributed by atoms with Crippen molar-refractivity contribution >= 4 is 17.5 Å². The Morgan fingerprint density at radius 1 is 1.19 bits per heavy atom. The van der Waals surface area contributed by atoms with E-state index in [4.69, 9.17) is 16.3 Å². The Labute approximate surface area is 127 Å². The van der Waals surface area contributed by atoms with Crippen molar-refractivity contribution in [2.75, 3.05) is 13.2 Å². The lowest BCUT2D eigenvalue weighted by Crippen LogP contribution is -2.30. The molecule has 5 heteroatoms. The molecule has 0 aliphatic carbocycles. The predicted molar refractivity (Wildman–Crippen MR) is 80.1 cm³/mol. The maximum Gasteiger partial charge on any atom is 0.257 e. The molecule has 0 unspecified atom stereocenters. The van der Waals surface area contributed by atoms with Crippen LogP contribution in [0.2, 0.25) is 5.02 Å². The molecule has 0 aliphatic rings. The lowest BCUT2D eigenvalue weighted by Gasteiger charge is -2.08. The first-order valence-corrected chi connectivity index (χ1v) is 6.91. The molecule has 3 nitrogen and oxygen atoms in total. The average Bonchev–Trinajstić information content (AvgIpc) is 2.46. The molecule has 0 aromatic heterocycles. The summed E-state index contributed by atoms with van der Waals surface area (Å²) in [5.41, 5.74) is 1.04. The first-order valence-electron chi connectivity index (χ1n) is 6.53. The van der Waals surface area contributed by atoms with Gasteiger partial charge in [0.2, 0.25) is 0 Å². The first-order chi connectivity index (χ1) is 10.1. The Balaban J connectivity index is 1.72. The van der Waals surface area contributed by atoms with E-state index in [2.05, 4.69) is 5.32 Å². The summed E-state index contributed by atoms with van der Waals surface area (Å²) in [5.74, 6) is -0.702. The third-order valence-corrected chi connectivity index (χ3v) is 3.06. The summed E-state index contributed by atoms with van der Waals surface area (Å²) in [5, 5.41) is 3.38. The number of carbonyl (C=O) groups is 1. The molecular formula is C16H15ClFNO2. The Hall–Kier alpha value is -2.07. The van der Waals surface area contributed by atoms with Gasteiger partial charge in [-0.15, -0.1) is 0 Å². The van der Waals surface area contributed by atoms with Crippen LogP contribution in [0.25, 0.3) is 0 Å². The summed E-state index contributed by atoms with van der Waals surface area (Å²) in [4.78, 5) is 11.6. The minimum atomic E-state index is -0.482. The van der Waals surface area contributed by atoms with Crippen LogP contribution in [-0.2, 0) is 11.2 Å². The van der Waals surface area contributed by atoms with Gasteiger partial charge >= 0.3 is 0 Å². The van der Waals surface area contributed by atoms with Crippen LogP contribution in [0.3, 0.4) is 0 Å². The number of amides is 1. The van der Waals surface area contributed by atoms with Crippen LogP contribution < -0.4 is 10.1 Å². The molecule has 2 rings (SSSR count). The van der Waals surface area contributed by atoms with E-state index in [9.17, 15) is 9.18 Å². The predicted octanol–water partition coefficient (Wildman–Crippen LogP) is 3.22. The van der Waals surface area contributed by atoms with Crippen molar-refractivity contribution in [1.82, 2.24) is 5.32 Å². The Kier molecular flexibility index (Phi) is 5.58. The number of hydrogen-bond donors (Lipinski definition) is 1. The number of rotatable bonds is 6. The van der Waals surface area contributed by atoms with Crippen LogP contribution in [0.5, 0.6) is 5.75 Å². The van der Waals surface area contributed by atoms with Gasteiger partial charge in [0.1, 0.15) is 0 Å². The summed E-state index contributed by atoms with van der Waals surface area (Å²) in [6.07, 6.45) is 0.673. The molecule has 1 amide bonds. The van der Waals surface area contributed by atoms with Crippen molar-refractivity contribution in [3.63, 3.8) is 0 Å².